The molecule has 2 rings (SSSR count). The molecule has 0 aromatic heterocycles. The Morgan fingerprint density at radius 1 is 1.52 bits per heavy atom. The van der Waals surface area contributed by atoms with Crippen LogP contribution in [0.25, 0.3) is 0 Å². The molecule has 0 aliphatic heterocycles. The van der Waals surface area contributed by atoms with Gasteiger partial charge in [0, 0.05) is 30.7 Å². The van der Waals surface area contributed by atoms with Gasteiger partial charge in [-0.1, -0.05) is 5.16 Å². The first-order valence-electron chi connectivity index (χ1n) is 7.21. The second-order valence-corrected chi connectivity index (χ2v) is 5.71. The lowest BCUT2D eigenvalue weighted by Crippen LogP contribution is -2.38. The smallest absolute Gasteiger partial charge is 0.170 e. The standard InChI is InChI=1S/C15H23FN4O/c1-10(20(2)14-3-4-14)8-18-9-11-5-12(15(17)19-21)7-13(16)6-11/h5-7,10,14,18,21H,3-4,8-9H2,1-2H3,(H2,17,19). The molecule has 5 nitrogen and oxygen atoms in total. The molecule has 1 aliphatic carbocycles. The molecular formula is C15H23FN4O. The lowest BCUT2D eigenvalue weighted by Gasteiger charge is -2.24. The lowest BCUT2D eigenvalue weighted by molar-refractivity contribution is 0.241. The SMILES string of the molecule is CC(CNCc1cc(F)cc(/C(N)=N/O)c1)N(C)C1CC1. The summed E-state index contributed by atoms with van der Waals surface area (Å²) in [5.41, 5.74) is 6.66. The minimum absolute atomic E-state index is 0.0856. The summed E-state index contributed by atoms with van der Waals surface area (Å²) in [4.78, 5) is 2.38. The molecule has 0 spiro atoms. The topological polar surface area (TPSA) is 73.9 Å². The van der Waals surface area contributed by atoms with Crippen LogP contribution in [0.1, 0.15) is 30.9 Å². The monoisotopic (exact) mass is 294 g/mol. The maximum atomic E-state index is 13.5. The first-order valence-corrected chi connectivity index (χ1v) is 7.21. The first kappa shape index (κ1) is 15.7. The van der Waals surface area contributed by atoms with Crippen molar-refractivity contribution in [2.24, 2.45) is 10.9 Å². The average Bonchev–Trinajstić information content (AvgIpc) is 3.29. The summed E-state index contributed by atoms with van der Waals surface area (Å²) in [6, 6.07) is 5.59. The van der Waals surface area contributed by atoms with Gasteiger partial charge >= 0.3 is 0 Å². The molecule has 21 heavy (non-hydrogen) atoms. The van der Waals surface area contributed by atoms with Crippen LogP contribution in [0.3, 0.4) is 0 Å². The maximum Gasteiger partial charge on any atom is 0.170 e. The summed E-state index contributed by atoms with van der Waals surface area (Å²) < 4.78 is 13.5. The average molecular weight is 294 g/mol. The molecule has 1 aliphatic rings. The number of hydrogen-bond acceptors (Lipinski definition) is 4. The van der Waals surface area contributed by atoms with Gasteiger partial charge in [0.2, 0.25) is 0 Å². The molecule has 0 saturated heterocycles. The van der Waals surface area contributed by atoms with Crippen molar-refractivity contribution in [2.45, 2.75) is 38.4 Å². The molecule has 1 aromatic rings. The molecular weight excluding hydrogens is 271 g/mol. The third-order valence-electron chi connectivity index (χ3n) is 3.95. The maximum absolute atomic E-state index is 13.5. The van der Waals surface area contributed by atoms with E-state index in [-0.39, 0.29) is 11.7 Å². The van der Waals surface area contributed by atoms with Crippen LogP contribution in [0.2, 0.25) is 0 Å². The lowest BCUT2D eigenvalue weighted by atomic mass is 10.1. The van der Waals surface area contributed by atoms with E-state index in [1.807, 2.05) is 0 Å². The van der Waals surface area contributed by atoms with Crippen molar-refractivity contribution >= 4 is 5.84 Å². The quantitative estimate of drug-likeness (QED) is 0.308. The number of likely N-dealkylation sites (N-methyl/N-ethyl adjacent to an activating group) is 1. The van der Waals surface area contributed by atoms with Crippen molar-refractivity contribution in [1.29, 1.82) is 0 Å². The van der Waals surface area contributed by atoms with Gasteiger partial charge in [0.25, 0.3) is 0 Å². The Balaban J connectivity index is 1.89. The van der Waals surface area contributed by atoms with Gasteiger partial charge in [-0.25, -0.2) is 4.39 Å². The van der Waals surface area contributed by atoms with E-state index in [1.165, 1.54) is 25.0 Å². The third kappa shape index (κ3) is 4.41. The number of amidine groups is 1. The number of nitrogens with two attached hydrogens (primary N) is 1. The molecule has 1 atom stereocenters. The van der Waals surface area contributed by atoms with E-state index >= 15 is 0 Å². The minimum atomic E-state index is -0.390. The van der Waals surface area contributed by atoms with Crippen LogP contribution >= 0.6 is 0 Å². The van der Waals surface area contributed by atoms with Crippen molar-refractivity contribution in [3.8, 4) is 0 Å². The Morgan fingerprint density at radius 3 is 2.86 bits per heavy atom. The van der Waals surface area contributed by atoms with Gasteiger partial charge in [-0.15, -0.1) is 0 Å². The second-order valence-electron chi connectivity index (χ2n) is 5.71. The van der Waals surface area contributed by atoms with Gasteiger partial charge < -0.3 is 16.3 Å². The molecule has 1 fully saturated rings. The van der Waals surface area contributed by atoms with E-state index < -0.39 is 0 Å². The van der Waals surface area contributed by atoms with Crippen LogP contribution in [0.15, 0.2) is 23.4 Å². The van der Waals surface area contributed by atoms with Crippen LogP contribution in [0.5, 0.6) is 0 Å². The predicted octanol–water partition coefficient (Wildman–Crippen LogP) is 1.49. The van der Waals surface area contributed by atoms with E-state index in [0.717, 1.165) is 18.2 Å². The van der Waals surface area contributed by atoms with Gasteiger partial charge in [0.05, 0.1) is 0 Å². The van der Waals surface area contributed by atoms with Gasteiger partial charge in [-0.05, 0) is 50.6 Å². The molecule has 6 heteroatoms. The molecule has 0 radical (unpaired) electrons. The minimum Gasteiger partial charge on any atom is -0.409 e. The number of nitrogens with one attached hydrogen (secondary N) is 1. The molecule has 1 unspecified atom stereocenters. The highest BCUT2D eigenvalue weighted by molar-refractivity contribution is 5.97. The van der Waals surface area contributed by atoms with Crippen molar-refractivity contribution in [3.63, 3.8) is 0 Å². The number of oxime groups is 1. The summed E-state index contributed by atoms with van der Waals surface area (Å²) in [7, 11) is 2.14. The van der Waals surface area contributed by atoms with Gasteiger partial charge in [-0.3, -0.25) is 4.90 Å². The number of halogens is 1. The van der Waals surface area contributed by atoms with Crippen molar-refractivity contribution in [1.82, 2.24) is 10.2 Å². The highest BCUT2D eigenvalue weighted by Gasteiger charge is 2.28. The number of rotatable bonds is 7. The summed E-state index contributed by atoms with van der Waals surface area (Å²) in [5, 5.41) is 14.9. The molecule has 0 bridgehead atoms. The van der Waals surface area contributed by atoms with E-state index in [2.05, 4.69) is 29.3 Å². The van der Waals surface area contributed by atoms with E-state index in [4.69, 9.17) is 10.9 Å². The highest BCUT2D eigenvalue weighted by atomic mass is 19.1. The van der Waals surface area contributed by atoms with Gasteiger partial charge in [-0.2, -0.15) is 0 Å². The second kappa shape index (κ2) is 6.87. The molecule has 4 N–H and O–H groups in total. The largest absolute Gasteiger partial charge is 0.409 e. The summed E-state index contributed by atoms with van der Waals surface area (Å²) in [6.07, 6.45) is 2.57. The van der Waals surface area contributed by atoms with Crippen LogP contribution < -0.4 is 11.1 Å². The summed E-state index contributed by atoms with van der Waals surface area (Å²) in [6.45, 7) is 3.56. The summed E-state index contributed by atoms with van der Waals surface area (Å²) >= 11 is 0. The Hall–Kier alpha value is -1.66. The van der Waals surface area contributed by atoms with Crippen LogP contribution in [0.4, 0.5) is 4.39 Å². The van der Waals surface area contributed by atoms with Gasteiger partial charge in [0.15, 0.2) is 5.84 Å². The highest BCUT2D eigenvalue weighted by Crippen LogP contribution is 2.26. The molecule has 116 valence electrons. The van der Waals surface area contributed by atoms with Crippen LogP contribution in [-0.2, 0) is 6.54 Å². The Bertz CT molecular complexity index is 516. The van der Waals surface area contributed by atoms with Crippen LogP contribution in [-0.4, -0.2) is 41.6 Å². The number of nitrogens with zero attached hydrogens (tertiary/aromatic N) is 2. The molecule has 1 saturated carbocycles. The summed E-state index contributed by atoms with van der Waals surface area (Å²) in [5.74, 6) is -0.475. The van der Waals surface area contributed by atoms with E-state index in [1.54, 1.807) is 6.07 Å². The Labute approximate surface area is 124 Å². The normalized spacial score (nSPS) is 17.2. The van der Waals surface area contributed by atoms with Crippen molar-refractivity contribution in [2.75, 3.05) is 13.6 Å². The third-order valence-corrected chi connectivity index (χ3v) is 3.95. The van der Waals surface area contributed by atoms with Gasteiger partial charge in [0.1, 0.15) is 5.82 Å². The van der Waals surface area contributed by atoms with Crippen LogP contribution in [0, 0.1) is 5.82 Å². The van der Waals surface area contributed by atoms with E-state index in [9.17, 15) is 4.39 Å². The first-order chi connectivity index (χ1) is 10.0. The fourth-order valence-corrected chi connectivity index (χ4v) is 2.37. The van der Waals surface area contributed by atoms with E-state index in [0.29, 0.717) is 18.2 Å². The van der Waals surface area contributed by atoms with Crippen molar-refractivity contribution < 1.29 is 9.60 Å². The number of benzene rings is 1. The fourth-order valence-electron chi connectivity index (χ4n) is 2.37. The zero-order valence-corrected chi connectivity index (χ0v) is 12.5. The molecule has 0 amide bonds. The Kier molecular flexibility index (Phi) is 5.14. The number of hydrogen-bond donors (Lipinski definition) is 3. The predicted molar refractivity (Wildman–Crippen MR) is 80.9 cm³/mol. The van der Waals surface area contributed by atoms with Crippen molar-refractivity contribution in [3.05, 3.63) is 35.1 Å². The molecule has 0 heterocycles. The zero-order chi connectivity index (χ0) is 15.4. The molecule has 1 aromatic carbocycles. The zero-order valence-electron chi connectivity index (χ0n) is 12.5. The Morgan fingerprint density at radius 2 is 2.24 bits per heavy atom. The fraction of sp³-hybridized carbons (Fsp3) is 0.533.